The number of carbonyl (C=O) groups is 1. The molecule has 0 saturated carbocycles. The molecule has 1 aliphatic rings. The van der Waals surface area contributed by atoms with Gasteiger partial charge in [-0.15, -0.1) is 0 Å². The summed E-state index contributed by atoms with van der Waals surface area (Å²) >= 11 is 6.17. The van der Waals surface area contributed by atoms with E-state index in [1.807, 2.05) is 17.0 Å². The molecule has 0 radical (unpaired) electrons. The van der Waals surface area contributed by atoms with E-state index in [0.717, 1.165) is 31.7 Å². The van der Waals surface area contributed by atoms with Crippen molar-refractivity contribution >= 4 is 17.5 Å². The second-order valence-corrected chi connectivity index (χ2v) is 5.35. The van der Waals surface area contributed by atoms with Gasteiger partial charge in [0.05, 0.1) is 19.2 Å². The third-order valence-corrected chi connectivity index (χ3v) is 3.87. The Balaban J connectivity index is 1.99. The first-order chi connectivity index (χ1) is 10.2. The number of ether oxygens (including phenoxy) is 2. The maximum atomic E-state index is 12.1. The summed E-state index contributed by atoms with van der Waals surface area (Å²) in [5, 5.41) is 3.74. The van der Waals surface area contributed by atoms with Gasteiger partial charge in [0.1, 0.15) is 0 Å². The Morgan fingerprint density at radius 2 is 2.00 bits per heavy atom. The summed E-state index contributed by atoms with van der Waals surface area (Å²) in [6.07, 6.45) is 1.12. The third-order valence-electron chi connectivity index (χ3n) is 3.59. The molecule has 0 aromatic heterocycles. The minimum absolute atomic E-state index is 0.183. The standard InChI is InChI=1S/C15H21ClN2O3/c1-20-13-10-11(9-12(16)15(13)21-2)3-4-14(19)18-7-5-17-6-8-18/h9-10,17H,3-8H2,1-2H3. The molecule has 1 heterocycles. The number of methoxy groups -OCH3 is 2. The van der Waals surface area contributed by atoms with Gasteiger partial charge in [0.2, 0.25) is 5.91 Å². The van der Waals surface area contributed by atoms with Crippen molar-refractivity contribution in [2.45, 2.75) is 12.8 Å². The zero-order valence-electron chi connectivity index (χ0n) is 12.4. The number of aryl methyl sites for hydroxylation is 1. The quantitative estimate of drug-likeness (QED) is 0.899. The minimum atomic E-state index is 0.183. The molecule has 0 bridgehead atoms. The van der Waals surface area contributed by atoms with Gasteiger partial charge < -0.3 is 19.7 Å². The van der Waals surface area contributed by atoms with Gasteiger partial charge in [-0.2, -0.15) is 0 Å². The van der Waals surface area contributed by atoms with Crippen LogP contribution in [0, 0.1) is 0 Å². The van der Waals surface area contributed by atoms with Gasteiger partial charge >= 0.3 is 0 Å². The zero-order valence-corrected chi connectivity index (χ0v) is 13.2. The molecule has 2 rings (SSSR count). The molecule has 5 nitrogen and oxygen atoms in total. The average molecular weight is 313 g/mol. The molecule has 6 heteroatoms. The number of carbonyl (C=O) groups excluding carboxylic acids is 1. The highest BCUT2D eigenvalue weighted by Crippen LogP contribution is 2.36. The fourth-order valence-electron chi connectivity index (χ4n) is 2.44. The van der Waals surface area contributed by atoms with E-state index in [2.05, 4.69) is 5.32 Å². The monoisotopic (exact) mass is 312 g/mol. The highest BCUT2D eigenvalue weighted by atomic mass is 35.5. The predicted octanol–water partition coefficient (Wildman–Crippen LogP) is 1.72. The van der Waals surface area contributed by atoms with E-state index < -0.39 is 0 Å². The van der Waals surface area contributed by atoms with Gasteiger partial charge in [0.25, 0.3) is 0 Å². The van der Waals surface area contributed by atoms with E-state index in [9.17, 15) is 4.79 Å². The lowest BCUT2D eigenvalue weighted by Crippen LogP contribution is -2.46. The van der Waals surface area contributed by atoms with Crippen LogP contribution in [0.1, 0.15) is 12.0 Å². The Morgan fingerprint density at radius 3 is 2.62 bits per heavy atom. The van der Waals surface area contributed by atoms with Crippen molar-refractivity contribution in [2.24, 2.45) is 0 Å². The Hall–Kier alpha value is -1.46. The van der Waals surface area contributed by atoms with Crippen LogP contribution in [-0.2, 0) is 11.2 Å². The van der Waals surface area contributed by atoms with Crippen LogP contribution in [0.3, 0.4) is 0 Å². The largest absolute Gasteiger partial charge is 0.493 e. The van der Waals surface area contributed by atoms with Crippen molar-refractivity contribution in [1.82, 2.24) is 10.2 Å². The maximum Gasteiger partial charge on any atom is 0.222 e. The molecule has 1 saturated heterocycles. The van der Waals surface area contributed by atoms with Crippen LogP contribution in [0.2, 0.25) is 5.02 Å². The average Bonchev–Trinajstić information content (AvgIpc) is 2.52. The van der Waals surface area contributed by atoms with E-state index in [0.29, 0.717) is 29.4 Å². The number of benzene rings is 1. The second kappa shape index (κ2) is 7.52. The van der Waals surface area contributed by atoms with Gasteiger partial charge in [0, 0.05) is 32.6 Å². The van der Waals surface area contributed by atoms with Gasteiger partial charge in [-0.05, 0) is 24.1 Å². The van der Waals surface area contributed by atoms with E-state index in [4.69, 9.17) is 21.1 Å². The molecule has 116 valence electrons. The Morgan fingerprint density at radius 1 is 1.29 bits per heavy atom. The number of hydrogen-bond donors (Lipinski definition) is 1. The molecule has 1 amide bonds. The molecule has 0 aliphatic carbocycles. The van der Waals surface area contributed by atoms with Gasteiger partial charge in [-0.25, -0.2) is 0 Å². The van der Waals surface area contributed by atoms with Crippen LogP contribution >= 0.6 is 11.6 Å². The molecule has 21 heavy (non-hydrogen) atoms. The number of nitrogens with one attached hydrogen (secondary N) is 1. The summed E-state index contributed by atoms with van der Waals surface area (Å²) in [6, 6.07) is 3.70. The fourth-order valence-corrected chi connectivity index (χ4v) is 2.75. The minimum Gasteiger partial charge on any atom is -0.493 e. The summed E-state index contributed by atoms with van der Waals surface area (Å²) < 4.78 is 10.5. The van der Waals surface area contributed by atoms with Crippen LogP contribution in [0.4, 0.5) is 0 Å². The fraction of sp³-hybridized carbons (Fsp3) is 0.533. The van der Waals surface area contributed by atoms with Gasteiger partial charge in [-0.1, -0.05) is 11.6 Å². The first-order valence-electron chi connectivity index (χ1n) is 7.04. The summed E-state index contributed by atoms with van der Waals surface area (Å²) in [5.74, 6) is 1.30. The number of amides is 1. The van der Waals surface area contributed by atoms with Crippen molar-refractivity contribution in [2.75, 3.05) is 40.4 Å². The Kier molecular flexibility index (Phi) is 5.70. The molecule has 1 N–H and O–H groups in total. The van der Waals surface area contributed by atoms with Gasteiger partial charge in [0.15, 0.2) is 11.5 Å². The summed E-state index contributed by atoms with van der Waals surface area (Å²) in [5.41, 5.74) is 0.973. The lowest BCUT2D eigenvalue weighted by Gasteiger charge is -2.27. The van der Waals surface area contributed by atoms with E-state index in [-0.39, 0.29) is 5.91 Å². The second-order valence-electron chi connectivity index (χ2n) is 4.94. The van der Waals surface area contributed by atoms with E-state index >= 15 is 0 Å². The molecule has 1 aromatic rings. The summed E-state index contributed by atoms with van der Waals surface area (Å²) in [6.45, 7) is 3.30. The lowest BCUT2D eigenvalue weighted by atomic mass is 10.1. The smallest absolute Gasteiger partial charge is 0.222 e. The molecule has 0 atom stereocenters. The molecular formula is C15H21ClN2O3. The van der Waals surface area contributed by atoms with Crippen LogP contribution in [0.15, 0.2) is 12.1 Å². The van der Waals surface area contributed by atoms with Crippen molar-refractivity contribution in [3.63, 3.8) is 0 Å². The first-order valence-corrected chi connectivity index (χ1v) is 7.42. The topological polar surface area (TPSA) is 50.8 Å². The number of hydrogen-bond acceptors (Lipinski definition) is 4. The van der Waals surface area contributed by atoms with E-state index in [1.165, 1.54) is 0 Å². The molecule has 1 aliphatic heterocycles. The van der Waals surface area contributed by atoms with Crippen LogP contribution in [0.25, 0.3) is 0 Å². The molecule has 1 fully saturated rings. The summed E-state index contributed by atoms with van der Waals surface area (Å²) in [7, 11) is 3.13. The predicted molar refractivity (Wildman–Crippen MR) is 82.3 cm³/mol. The Labute approximate surface area is 130 Å². The third kappa shape index (κ3) is 4.02. The summed E-state index contributed by atoms with van der Waals surface area (Å²) in [4.78, 5) is 14.0. The molecule has 0 spiro atoms. The van der Waals surface area contributed by atoms with Gasteiger partial charge in [-0.3, -0.25) is 4.79 Å². The van der Waals surface area contributed by atoms with Crippen molar-refractivity contribution in [3.8, 4) is 11.5 Å². The number of nitrogens with zero attached hydrogens (tertiary/aromatic N) is 1. The number of rotatable bonds is 5. The zero-order chi connectivity index (χ0) is 15.2. The van der Waals surface area contributed by atoms with Crippen molar-refractivity contribution in [1.29, 1.82) is 0 Å². The van der Waals surface area contributed by atoms with Crippen LogP contribution in [-0.4, -0.2) is 51.2 Å². The maximum absolute atomic E-state index is 12.1. The van der Waals surface area contributed by atoms with Crippen LogP contribution < -0.4 is 14.8 Å². The van der Waals surface area contributed by atoms with Crippen molar-refractivity contribution < 1.29 is 14.3 Å². The van der Waals surface area contributed by atoms with Crippen molar-refractivity contribution in [3.05, 3.63) is 22.7 Å². The SMILES string of the molecule is COc1cc(CCC(=O)N2CCNCC2)cc(Cl)c1OC. The molecule has 0 unspecified atom stereocenters. The number of piperazine rings is 1. The first kappa shape index (κ1) is 15.9. The number of halogens is 1. The highest BCUT2D eigenvalue weighted by Gasteiger charge is 2.17. The lowest BCUT2D eigenvalue weighted by molar-refractivity contribution is -0.131. The Bertz CT molecular complexity index is 502. The van der Waals surface area contributed by atoms with E-state index in [1.54, 1.807) is 14.2 Å². The highest BCUT2D eigenvalue weighted by molar-refractivity contribution is 6.32. The molecule has 1 aromatic carbocycles. The molecular weight excluding hydrogens is 292 g/mol. The van der Waals surface area contributed by atoms with Crippen LogP contribution in [0.5, 0.6) is 11.5 Å². The normalized spacial score (nSPS) is 14.9.